The number of carboxylic acid groups (broad SMARTS) is 1. The topological polar surface area (TPSA) is 125 Å². The Balaban J connectivity index is 1.59. The van der Waals surface area contributed by atoms with Crippen LogP contribution in [0, 0.1) is 0 Å². The van der Waals surface area contributed by atoms with Gasteiger partial charge in [-0.15, -0.1) is 0 Å². The van der Waals surface area contributed by atoms with Crippen LogP contribution in [0.15, 0.2) is 48.5 Å². The molecule has 4 N–H and O–H groups in total. The lowest BCUT2D eigenvalue weighted by molar-refractivity contribution is -0.120. The van der Waals surface area contributed by atoms with Crippen molar-refractivity contribution in [1.82, 2.24) is 10.6 Å². The van der Waals surface area contributed by atoms with Gasteiger partial charge in [0.2, 0.25) is 5.91 Å². The van der Waals surface area contributed by atoms with Gasteiger partial charge in [-0.2, -0.15) is 0 Å². The summed E-state index contributed by atoms with van der Waals surface area (Å²) in [6.07, 6.45) is 0.204. The second-order valence-electron chi connectivity index (χ2n) is 6.03. The molecular formula is C18H17BN2O6. The number of amides is 2. The number of carbonyl (C=O) groups is 3. The summed E-state index contributed by atoms with van der Waals surface area (Å²) in [7, 11) is -1.40. The van der Waals surface area contributed by atoms with Gasteiger partial charge in [-0.05, 0) is 30.2 Å². The minimum atomic E-state index is -1.40. The number of fused-ring (bicyclic) bond motifs is 1. The van der Waals surface area contributed by atoms with Crippen LogP contribution >= 0.6 is 0 Å². The van der Waals surface area contributed by atoms with Gasteiger partial charge >= 0.3 is 13.1 Å². The number of nitrogens with one attached hydrogen (secondary N) is 2. The molecule has 1 aliphatic rings. The normalized spacial score (nSPS) is 15.3. The van der Waals surface area contributed by atoms with Crippen molar-refractivity contribution in [2.45, 2.75) is 12.4 Å². The second kappa shape index (κ2) is 7.92. The molecule has 0 spiro atoms. The summed E-state index contributed by atoms with van der Waals surface area (Å²) in [5.74, 6) is -2.71. The Labute approximate surface area is 155 Å². The molecule has 1 heterocycles. The summed E-state index contributed by atoms with van der Waals surface area (Å²) < 4.78 is 5.31. The van der Waals surface area contributed by atoms with Gasteiger partial charge in [-0.1, -0.05) is 30.3 Å². The van der Waals surface area contributed by atoms with Crippen LogP contribution in [0.2, 0.25) is 0 Å². The highest BCUT2D eigenvalue weighted by Crippen LogP contribution is 2.30. The predicted octanol–water partition coefficient (Wildman–Crippen LogP) is 0.254. The first-order valence-corrected chi connectivity index (χ1v) is 8.28. The first kappa shape index (κ1) is 18.5. The van der Waals surface area contributed by atoms with E-state index in [1.165, 1.54) is 6.07 Å². The Bertz CT molecular complexity index is 873. The molecule has 0 aromatic heterocycles. The average molecular weight is 368 g/mol. The first-order valence-electron chi connectivity index (χ1n) is 8.28. The number of rotatable bonds is 5. The van der Waals surface area contributed by atoms with Crippen molar-refractivity contribution in [3.8, 4) is 5.75 Å². The molecule has 1 atom stereocenters. The van der Waals surface area contributed by atoms with Crippen molar-refractivity contribution in [1.29, 1.82) is 0 Å². The quantitative estimate of drug-likeness (QED) is 0.561. The van der Waals surface area contributed by atoms with E-state index in [4.69, 9.17) is 4.65 Å². The van der Waals surface area contributed by atoms with Gasteiger partial charge in [0.25, 0.3) is 5.91 Å². The standard InChI is InChI=1S/C18H17BN2O6/c22-15(10-20-17(23)11-5-2-1-3-6-11)21-14-9-12-7-4-8-13(18(24)25)16(12)27-19(14)26/h1-8,14,26H,9-10H2,(H,20,23)(H,21,22)(H,24,25). The van der Waals surface area contributed by atoms with E-state index in [1.807, 2.05) is 0 Å². The van der Waals surface area contributed by atoms with Crippen molar-refractivity contribution in [2.24, 2.45) is 0 Å². The number of para-hydroxylation sites is 1. The smallest absolute Gasteiger partial charge is 0.534 e. The number of hydrogen-bond acceptors (Lipinski definition) is 5. The molecule has 1 aliphatic heterocycles. The molecule has 9 heteroatoms. The van der Waals surface area contributed by atoms with Gasteiger partial charge in [-0.3, -0.25) is 9.59 Å². The molecule has 0 saturated heterocycles. The Morgan fingerprint density at radius 2 is 1.85 bits per heavy atom. The molecule has 0 radical (unpaired) electrons. The summed E-state index contributed by atoms with van der Waals surface area (Å²) in [6.45, 7) is -0.265. The van der Waals surface area contributed by atoms with E-state index in [-0.39, 0.29) is 30.2 Å². The second-order valence-corrected chi connectivity index (χ2v) is 6.03. The molecule has 2 aromatic rings. The maximum atomic E-state index is 12.1. The first-order chi connectivity index (χ1) is 13.0. The zero-order valence-electron chi connectivity index (χ0n) is 14.2. The van der Waals surface area contributed by atoms with Crippen molar-refractivity contribution in [2.75, 3.05) is 6.54 Å². The molecule has 0 saturated carbocycles. The summed E-state index contributed by atoms with van der Waals surface area (Å²) in [5, 5.41) is 24.4. The molecule has 27 heavy (non-hydrogen) atoms. The van der Waals surface area contributed by atoms with E-state index < -0.39 is 24.9 Å². The van der Waals surface area contributed by atoms with Crippen LogP contribution in [0.5, 0.6) is 5.75 Å². The SMILES string of the molecule is O=C(CNC(=O)c1ccccc1)NC1Cc2cccc(C(=O)O)c2OB1O. The molecule has 0 fully saturated rings. The van der Waals surface area contributed by atoms with Gasteiger partial charge in [0, 0.05) is 5.56 Å². The fourth-order valence-corrected chi connectivity index (χ4v) is 2.83. The lowest BCUT2D eigenvalue weighted by Gasteiger charge is -2.28. The van der Waals surface area contributed by atoms with Gasteiger partial charge < -0.3 is 25.4 Å². The predicted molar refractivity (Wildman–Crippen MR) is 96.4 cm³/mol. The Morgan fingerprint density at radius 3 is 2.56 bits per heavy atom. The van der Waals surface area contributed by atoms with Gasteiger partial charge in [0.1, 0.15) is 5.75 Å². The summed E-state index contributed by atoms with van der Waals surface area (Å²) in [4.78, 5) is 35.3. The molecule has 1 unspecified atom stereocenters. The number of benzene rings is 2. The largest absolute Gasteiger partial charge is 0.547 e. The molecular weight excluding hydrogens is 351 g/mol. The van der Waals surface area contributed by atoms with Crippen LogP contribution in [0.1, 0.15) is 26.3 Å². The third-order valence-corrected chi connectivity index (χ3v) is 4.14. The van der Waals surface area contributed by atoms with Crippen molar-refractivity contribution in [3.05, 3.63) is 65.2 Å². The zero-order chi connectivity index (χ0) is 19.4. The number of aromatic carboxylic acids is 1. The maximum absolute atomic E-state index is 12.1. The van der Waals surface area contributed by atoms with Crippen LogP contribution < -0.4 is 15.3 Å². The van der Waals surface area contributed by atoms with Crippen LogP contribution in [-0.4, -0.2) is 47.5 Å². The van der Waals surface area contributed by atoms with Gasteiger partial charge in [-0.25, -0.2) is 4.79 Å². The van der Waals surface area contributed by atoms with E-state index in [1.54, 1.807) is 42.5 Å². The van der Waals surface area contributed by atoms with Crippen molar-refractivity contribution in [3.63, 3.8) is 0 Å². The van der Waals surface area contributed by atoms with Crippen LogP contribution in [0.3, 0.4) is 0 Å². The summed E-state index contributed by atoms with van der Waals surface area (Å²) >= 11 is 0. The lowest BCUT2D eigenvalue weighted by Crippen LogP contribution is -2.54. The molecule has 3 rings (SSSR count). The monoisotopic (exact) mass is 368 g/mol. The minimum absolute atomic E-state index is 0.0496. The Morgan fingerprint density at radius 1 is 1.11 bits per heavy atom. The van der Waals surface area contributed by atoms with Crippen molar-refractivity contribution >= 4 is 24.9 Å². The Hall–Kier alpha value is -3.33. The number of carbonyl (C=O) groups excluding carboxylic acids is 2. The zero-order valence-corrected chi connectivity index (χ0v) is 14.2. The van der Waals surface area contributed by atoms with Crippen molar-refractivity contribution < 1.29 is 29.2 Å². The van der Waals surface area contributed by atoms with Gasteiger partial charge in [0.05, 0.1) is 18.0 Å². The summed E-state index contributed by atoms with van der Waals surface area (Å²) in [6, 6.07) is 13.1. The molecule has 8 nitrogen and oxygen atoms in total. The number of carboxylic acids is 1. The van der Waals surface area contributed by atoms with Crippen LogP contribution in [0.25, 0.3) is 0 Å². The average Bonchev–Trinajstić information content (AvgIpc) is 2.66. The highest BCUT2D eigenvalue weighted by Gasteiger charge is 2.37. The molecule has 2 aromatic carbocycles. The maximum Gasteiger partial charge on any atom is 0.547 e. The lowest BCUT2D eigenvalue weighted by atomic mass is 9.72. The van der Waals surface area contributed by atoms with E-state index >= 15 is 0 Å². The van der Waals surface area contributed by atoms with Crippen LogP contribution in [-0.2, 0) is 11.2 Å². The number of hydrogen-bond donors (Lipinski definition) is 4. The van der Waals surface area contributed by atoms with E-state index in [9.17, 15) is 24.5 Å². The van der Waals surface area contributed by atoms with Crippen LogP contribution in [0.4, 0.5) is 0 Å². The van der Waals surface area contributed by atoms with E-state index in [0.717, 1.165) is 0 Å². The molecule has 0 aliphatic carbocycles. The van der Waals surface area contributed by atoms with E-state index in [2.05, 4.69) is 10.6 Å². The molecule has 138 valence electrons. The fourth-order valence-electron chi connectivity index (χ4n) is 2.83. The fraction of sp³-hybridized carbons (Fsp3) is 0.167. The highest BCUT2D eigenvalue weighted by atomic mass is 16.5. The summed E-state index contributed by atoms with van der Waals surface area (Å²) in [5.41, 5.74) is 0.951. The Kier molecular flexibility index (Phi) is 5.42. The van der Waals surface area contributed by atoms with E-state index in [0.29, 0.717) is 11.1 Å². The van der Waals surface area contributed by atoms with Gasteiger partial charge in [0.15, 0.2) is 0 Å². The third-order valence-electron chi connectivity index (χ3n) is 4.14. The highest BCUT2D eigenvalue weighted by molar-refractivity contribution is 6.47. The third kappa shape index (κ3) is 4.26. The minimum Gasteiger partial charge on any atom is -0.534 e. The molecule has 0 bridgehead atoms. The molecule has 2 amide bonds.